The van der Waals surface area contributed by atoms with E-state index in [-0.39, 0.29) is 11.4 Å². The summed E-state index contributed by atoms with van der Waals surface area (Å²) in [5.74, 6) is 0. The number of nitrogens with zero attached hydrogens (tertiary/aromatic N) is 5. The third kappa shape index (κ3) is 2.64. The predicted octanol–water partition coefficient (Wildman–Crippen LogP) is 2.39. The van der Waals surface area contributed by atoms with Crippen LogP contribution in [0, 0.1) is 21.4 Å². The van der Waals surface area contributed by atoms with Gasteiger partial charge in [-0.25, -0.2) is 4.68 Å². The van der Waals surface area contributed by atoms with Crippen LogP contribution >= 0.6 is 0 Å². The first-order valence-electron chi connectivity index (χ1n) is 6.27. The summed E-state index contributed by atoms with van der Waals surface area (Å²) in [6, 6.07) is 8.13. The largest absolute Gasteiger partial charge is 0.271 e. The predicted molar refractivity (Wildman–Crippen MR) is 71.3 cm³/mol. The molecule has 1 aromatic heterocycles. The summed E-state index contributed by atoms with van der Waals surface area (Å²) in [7, 11) is 0. The highest BCUT2D eigenvalue weighted by Crippen LogP contribution is 2.19. The molecule has 0 saturated heterocycles. The van der Waals surface area contributed by atoms with Gasteiger partial charge in [0.25, 0.3) is 5.69 Å². The quantitative estimate of drug-likeness (QED) is 0.614. The molecule has 0 atom stereocenters. The van der Waals surface area contributed by atoms with Crippen molar-refractivity contribution < 1.29 is 4.92 Å². The maximum Gasteiger partial charge on any atom is 0.271 e. The summed E-state index contributed by atoms with van der Waals surface area (Å²) >= 11 is 0. The molecule has 0 aliphatic rings. The molecule has 0 spiro atoms. The number of rotatable bonds is 5. The smallest absolute Gasteiger partial charge is 0.258 e. The highest BCUT2D eigenvalue weighted by atomic mass is 16.6. The van der Waals surface area contributed by atoms with Crippen molar-refractivity contribution in [3.63, 3.8) is 0 Å². The Morgan fingerprint density at radius 2 is 2.30 bits per heavy atom. The Balaban J connectivity index is 2.47. The Hall–Kier alpha value is -2.75. The molecular weight excluding hydrogens is 258 g/mol. The lowest BCUT2D eigenvalue weighted by Gasteiger charge is -2.05. The van der Waals surface area contributed by atoms with E-state index < -0.39 is 4.92 Å². The van der Waals surface area contributed by atoms with Crippen LogP contribution in [0.4, 0.5) is 5.69 Å². The normalized spacial score (nSPS) is 10.2. The van der Waals surface area contributed by atoms with E-state index in [0.29, 0.717) is 17.8 Å². The van der Waals surface area contributed by atoms with Crippen LogP contribution in [-0.4, -0.2) is 19.9 Å². The van der Waals surface area contributed by atoms with Crippen molar-refractivity contribution in [1.29, 1.82) is 5.26 Å². The molecule has 7 heteroatoms. The lowest BCUT2D eigenvalue weighted by molar-refractivity contribution is -0.384. The second kappa shape index (κ2) is 5.93. The zero-order valence-corrected chi connectivity index (χ0v) is 11.0. The van der Waals surface area contributed by atoms with Gasteiger partial charge in [0.15, 0.2) is 5.69 Å². The fourth-order valence-electron chi connectivity index (χ4n) is 1.90. The highest BCUT2D eigenvalue weighted by molar-refractivity contribution is 5.44. The maximum absolute atomic E-state index is 10.8. The van der Waals surface area contributed by atoms with Crippen LogP contribution in [0.1, 0.15) is 31.2 Å². The molecule has 0 amide bonds. The number of unbranched alkanes of at least 4 members (excludes halogenated alkanes) is 1. The van der Waals surface area contributed by atoms with E-state index in [1.54, 1.807) is 12.1 Å². The molecule has 0 aliphatic heterocycles. The Bertz CT molecular complexity index is 672. The van der Waals surface area contributed by atoms with Crippen molar-refractivity contribution in [1.82, 2.24) is 15.0 Å². The van der Waals surface area contributed by atoms with Gasteiger partial charge in [-0.3, -0.25) is 10.1 Å². The monoisotopic (exact) mass is 271 g/mol. The zero-order chi connectivity index (χ0) is 14.5. The summed E-state index contributed by atoms with van der Waals surface area (Å²) in [5.41, 5.74) is 1.48. The molecule has 1 heterocycles. The number of benzene rings is 1. The Kier molecular flexibility index (Phi) is 4.05. The van der Waals surface area contributed by atoms with Crippen molar-refractivity contribution in [2.75, 3.05) is 0 Å². The number of hydrogen-bond acceptors (Lipinski definition) is 5. The average molecular weight is 271 g/mol. The van der Waals surface area contributed by atoms with Crippen molar-refractivity contribution in [2.45, 2.75) is 26.2 Å². The number of non-ortho nitro benzene ring substituents is 1. The lowest BCUT2D eigenvalue weighted by atomic mass is 10.1. The molecule has 0 radical (unpaired) electrons. The summed E-state index contributed by atoms with van der Waals surface area (Å²) in [5, 5.41) is 27.6. The van der Waals surface area contributed by atoms with E-state index >= 15 is 0 Å². The molecule has 0 N–H and O–H groups in total. The molecule has 2 aromatic rings. The van der Waals surface area contributed by atoms with Crippen molar-refractivity contribution in [3.8, 4) is 11.8 Å². The average Bonchev–Trinajstić information content (AvgIpc) is 2.88. The van der Waals surface area contributed by atoms with E-state index in [2.05, 4.69) is 10.3 Å². The number of nitro groups is 1. The number of hydrogen-bond donors (Lipinski definition) is 0. The van der Waals surface area contributed by atoms with Gasteiger partial charge in [-0.15, -0.1) is 5.10 Å². The molecule has 102 valence electrons. The fraction of sp³-hybridized carbons (Fsp3) is 0.308. The molecule has 0 fully saturated rings. The van der Waals surface area contributed by atoms with Gasteiger partial charge in [-0.2, -0.15) is 5.26 Å². The third-order valence-electron chi connectivity index (χ3n) is 2.92. The van der Waals surface area contributed by atoms with Crippen molar-refractivity contribution >= 4 is 5.69 Å². The van der Waals surface area contributed by atoms with E-state index in [4.69, 9.17) is 5.26 Å². The van der Waals surface area contributed by atoms with Crippen LogP contribution in [0.5, 0.6) is 0 Å². The molecule has 0 unspecified atom stereocenters. The first kappa shape index (κ1) is 13.7. The molecule has 7 nitrogen and oxygen atoms in total. The minimum Gasteiger partial charge on any atom is -0.258 e. The van der Waals surface area contributed by atoms with Crippen LogP contribution in [0.25, 0.3) is 5.69 Å². The number of aromatic nitrogens is 3. The minimum absolute atomic E-state index is 0.0158. The van der Waals surface area contributed by atoms with Gasteiger partial charge in [0.2, 0.25) is 0 Å². The van der Waals surface area contributed by atoms with E-state index in [1.165, 1.54) is 16.8 Å². The Morgan fingerprint density at radius 1 is 1.50 bits per heavy atom. The highest BCUT2D eigenvalue weighted by Gasteiger charge is 2.15. The molecule has 20 heavy (non-hydrogen) atoms. The van der Waals surface area contributed by atoms with Gasteiger partial charge < -0.3 is 0 Å². The fourth-order valence-corrected chi connectivity index (χ4v) is 1.90. The van der Waals surface area contributed by atoms with Crippen LogP contribution in [-0.2, 0) is 6.42 Å². The van der Waals surface area contributed by atoms with Crippen LogP contribution in [0.2, 0.25) is 0 Å². The molecule has 1 aromatic carbocycles. The van der Waals surface area contributed by atoms with Crippen molar-refractivity contribution in [3.05, 3.63) is 45.8 Å². The van der Waals surface area contributed by atoms with Gasteiger partial charge in [-0.1, -0.05) is 24.6 Å². The van der Waals surface area contributed by atoms with Crippen molar-refractivity contribution in [2.24, 2.45) is 0 Å². The number of nitriles is 1. The third-order valence-corrected chi connectivity index (χ3v) is 2.92. The lowest BCUT2D eigenvalue weighted by Crippen LogP contribution is -2.04. The van der Waals surface area contributed by atoms with E-state index in [1.807, 2.05) is 13.0 Å². The first-order valence-corrected chi connectivity index (χ1v) is 6.27. The second-order valence-electron chi connectivity index (χ2n) is 4.29. The second-order valence-corrected chi connectivity index (χ2v) is 4.29. The molecule has 0 bridgehead atoms. The van der Waals surface area contributed by atoms with Gasteiger partial charge >= 0.3 is 0 Å². The molecular formula is C13H13N5O2. The SMILES string of the molecule is CCCCc1c(C#N)nnn1-c1cccc([N+](=O)[O-])c1. The first-order chi connectivity index (χ1) is 9.67. The summed E-state index contributed by atoms with van der Waals surface area (Å²) in [6.07, 6.45) is 2.54. The standard InChI is InChI=1S/C13H13N5O2/c1-2-3-7-13-12(9-14)15-16-17(13)10-5-4-6-11(8-10)18(19)20/h4-6,8H,2-3,7H2,1H3. The maximum atomic E-state index is 10.8. The number of nitro benzene ring substituents is 1. The van der Waals surface area contributed by atoms with Gasteiger partial charge in [0.05, 0.1) is 16.3 Å². The van der Waals surface area contributed by atoms with Gasteiger partial charge in [0, 0.05) is 12.1 Å². The van der Waals surface area contributed by atoms with Gasteiger partial charge in [-0.05, 0) is 18.9 Å². The van der Waals surface area contributed by atoms with Crippen LogP contribution in [0.3, 0.4) is 0 Å². The summed E-state index contributed by atoms with van der Waals surface area (Å²) in [4.78, 5) is 10.3. The summed E-state index contributed by atoms with van der Waals surface area (Å²) in [6.45, 7) is 2.05. The molecule has 0 aliphatic carbocycles. The van der Waals surface area contributed by atoms with Gasteiger partial charge in [0.1, 0.15) is 6.07 Å². The Labute approximate surface area is 115 Å². The zero-order valence-electron chi connectivity index (χ0n) is 11.0. The van der Waals surface area contributed by atoms with Crippen LogP contribution < -0.4 is 0 Å². The van der Waals surface area contributed by atoms with E-state index in [9.17, 15) is 10.1 Å². The Morgan fingerprint density at radius 3 is 2.95 bits per heavy atom. The summed E-state index contributed by atoms with van der Waals surface area (Å²) < 4.78 is 1.50. The molecule has 2 rings (SSSR count). The van der Waals surface area contributed by atoms with E-state index in [0.717, 1.165) is 12.8 Å². The minimum atomic E-state index is -0.461. The topological polar surface area (TPSA) is 97.6 Å². The van der Waals surface area contributed by atoms with Crippen LogP contribution in [0.15, 0.2) is 24.3 Å². The molecule has 0 saturated carbocycles.